The SMILES string of the molecule is COc1ccc2c(c1)n(C)c(=O)n2-c1nc(C(=O)Nc2cnccc2N2CCNCC2)cs1. The molecule has 33 heavy (non-hydrogen) atoms. The number of amides is 1. The minimum absolute atomic E-state index is 0.238. The summed E-state index contributed by atoms with van der Waals surface area (Å²) in [6, 6.07) is 7.30. The maximum atomic E-state index is 13.0. The Morgan fingerprint density at radius 2 is 2.03 bits per heavy atom. The fraction of sp³-hybridized carbons (Fsp3) is 0.273. The number of ether oxygens (including phenoxy) is 1. The molecule has 170 valence electrons. The summed E-state index contributed by atoms with van der Waals surface area (Å²) in [7, 11) is 3.28. The van der Waals surface area contributed by atoms with Crippen molar-refractivity contribution in [3.8, 4) is 10.9 Å². The van der Waals surface area contributed by atoms with Gasteiger partial charge in [-0.3, -0.25) is 14.3 Å². The third-order valence-electron chi connectivity index (χ3n) is 5.68. The molecule has 4 aromatic rings. The van der Waals surface area contributed by atoms with Crippen LogP contribution >= 0.6 is 11.3 Å². The molecule has 1 aliphatic heterocycles. The second kappa shape index (κ2) is 8.68. The molecule has 1 saturated heterocycles. The predicted octanol–water partition coefficient (Wildman–Crippen LogP) is 1.85. The van der Waals surface area contributed by atoms with E-state index in [2.05, 4.69) is 25.5 Å². The molecular formula is C22H23N7O3S. The van der Waals surface area contributed by atoms with Gasteiger partial charge in [-0.1, -0.05) is 0 Å². The number of nitrogens with zero attached hydrogens (tertiary/aromatic N) is 5. The number of imidazole rings is 1. The fourth-order valence-corrected chi connectivity index (χ4v) is 4.76. The maximum absolute atomic E-state index is 13.0. The highest BCUT2D eigenvalue weighted by molar-refractivity contribution is 7.12. The van der Waals surface area contributed by atoms with Gasteiger partial charge in [0, 0.05) is 50.9 Å². The van der Waals surface area contributed by atoms with Crippen molar-refractivity contribution in [1.29, 1.82) is 0 Å². The first kappa shape index (κ1) is 21.2. The Kier molecular flexibility index (Phi) is 5.56. The Balaban J connectivity index is 1.44. The number of anilines is 2. The zero-order valence-corrected chi connectivity index (χ0v) is 19.1. The molecule has 0 radical (unpaired) electrons. The average Bonchev–Trinajstić information content (AvgIpc) is 3.43. The molecule has 0 aliphatic carbocycles. The summed E-state index contributed by atoms with van der Waals surface area (Å²) >= 11 is 1.24. The lowest BCUT2D eigenvalue weighted by Gasteiger charge is -2.30. The van der Waals surface area contributed by atoms with Crippen molar-refractivity contribution < 1.29 is 9.53 Å². The van der Waals surface area contributed by atoms with Gasteiger partial charge in [-0.2, -0.15) is 0 Å². The van der Waals surface area contributed by atoms with E-state index < -0.39 is 0 Å². The summed E-state index contributed by atoms with van der Waals surface area (Å²) in [6.45, 7) is 3.47. The third-order valence-corrected chi connectivity index (χ3v) is 6.51. The highest BCUT2D eigenvalue weighted by Gasteiger charge is 2.20. The molecule has 2 N–H and O–H groups in total. The van der Waals surface area contributed by atoms with Gasteiger partial charge in [-0.25, -0.2) is 14.3 Å². The van der Waals surface area contributed by atoms with Gasteiger partial charge in [0.25, 0.3) is 5.91 Å². The number of fused-ring (bicyclic) bond motifs is 1. The summed E-state index contributed by atoms with van der Waals surface area (Å²) in [4.78, 5) is 36.8. The molecular weight excluding hydrogens is 442 g/mol. The zero-order valence-electron chi connectivity index (χ0n) is 18.2. The van der Waals surface area contributed by atoms with Crippen molar-refractivity contribution >= 4 is 39.7 Å². The first-order valence-electron chi connectivity index (χ1n) is 10.5. The molecule has 3 aromatic heterocycles. The third kappa shape index (κ3) is 3.85. The minimum atomic E-state index is -0.350. The molecule has 5 rings (SSSR count). The van der Waals surface area contributed by atoms with Crippen molar-refractivity contribution in [3.63, 3.8) is 0 Å². The number of rotatable bonds is 5. The summed E-state index contributed by atoms with van der Waals surface area (Å²) in [5.41, 5.74) is 2.97. The number of pyridine rings is 1. The van der Waals surface area contributed by atoms with E-state index in [9.17, 15) is 9.59 Å². The van der Waals surface area contributed by atoms with E-state index in [1.165, 1.54) is 20.5 Å². The lowest BCUT2D eigenvalue weighted by atomic mass is 10.2. The number of nitrogens with one attached hydrogen (secondary N) is 2. The van der Waals surface area contributed by atoms with E-state index in [1.807, 2.05) is 12.1 Å². The Hall–Kier alpha value is -3.70. The van der Waals surface area contributed by atoms with Crippen LogP contribution in [0.5, 0.6) is 5.75 Å². The molecule has 1 amide bonds. The number of hydrogen-bond donors (Lipinski definition) is 2. The van der Waals surface area contributed by atoms with Crippen molar-refractivity contribution in [2.24, 2.45) is 7.05 Å². The molecule has 0 atom stereocenters. The van der Waals surface area contributed by atoms with Gasteiger partial charge < -0.3 is 20.3 Å². The summed E-state index contributed by atoms with van der Waals surface area (Å²) in [5, 5.41) is 8.34. The van der Waals surface area contributed by atoms with Gasteiger partial charge in [-0.15, -0.1) is 11.3 Å². The highest BCUT2D eigenvalue weighted by Crippen LogP contribution is 2.27. The predicted molar refractivity (Wildman–Crippen MR) is 128 cm³/mol. The highest BCUT2D eigenvalue weighted by atomic mass is 32.1. The first-order valence-corrected chi connectivity index (χ1v) is 11.4. The average molecular weight is 466 g/mol. The number of aryl methyl sites for hydroxylation is 1. The topological polar surface area (TPSA) is 106 Å². The van der Waals surface area contributed by atoms with Crippen molar-refractivity contribution in [2.45, 2.75) is 0 Å². The number of benzene rings is 1. The molecule has 0 bridgehead atoms. The summed E-state index contributed by atoms with van der Waals surface area (Å²) in [5.74, 6) is 0.308. The Labute approximate surface area is 193 Å². The molecule has 10 nitrogen and oxygen atoms in total. The number of aromatic nitrogens is 4. The standard InChI is InChI=1S/C22H23N7O3S/c1-27-19-11-14(32-2)3-4-18(19)29(22(27)31)21-26-16(13-33-21)20(30)25-15-12-24-6-5-17(15)28-9-7-23-8-10-28/h3-6,11-13,23H,7-10H2,1-2H3,(H,25,30). The monoisotopic (exact) mass is 465 g/mol. The maximum Gasteiger partial charge on any atom is 0.335 e. The van der Waals surface area contributed by atoms with Gasteiger partial charge >= 0.3 is 5.69 Å². The van der Waals surface area contributed by atoms with Crippen LogP contribution < -0.4 is 26.0 Å². The number of piperazine rings is 1. The normalized spacial score (nSPS) is 13.9. The number of methoxy groups -OCH3 is 1. The molecule has 0 unspecified atom stereocenters. The van der Waals surface area contributed by atoms with Gasteiger partial charge in [0.1, 0.15) is 11.4 Å². The first-order chi connectivity index (χ1) is 16.1. The zero-order chi connectivity index (χ0) is 22.9. The van der Waals surface area contributed by atoms with Crippen LogP contribution in [0.1, 0.15) is 10.5 Å². The van der Waals surface area contributed by atoms with Crippen LogP contribution in [0.4, 0.5) is 11.4 Å². The van der Waals surface area contributed by atoms with Crippen LogP contribution in [0.3, 0.4) is 0 Å². The molecule has 0 spiro atoms. The Morgan fingerprint density at radius 1 is 1.21 bits per heavy atom. The smallest absolute Gasteiger partial charge is 0.335 e. The van der Waals surface area contributed by atoms with Crippen LogP contribution in [0.15, 0.2) is 46.8 Å². The molecule has 1 aliphatic rings. The molecule has 11 heteroatoms. The lowest BCUT2D eigenvalue weighted by molar-refractivity contribution is 0.102. The van der Waals surface area contributed by atoms with Gasteiger partial charge in [0.15, 0.2) is 5.13 Å². The summed E-state index contributed by atoms with van der Waals surface area (Å²) < 4.78 is 8.32. The molecule has 4 heterocycles. The number of carbonyl (C=O) groups is 1. The van der Waals surface area contributed by atoms with Crippen LogP contribution in [-0.2, 0) is 7.05 Å². The van der Waals surface area contributed by atoms with Crippen LogP contribution in [0.2, 0.25) is 0 Å². The van der Waals surface area contributed by atoms with Gasteiger partial charge in [-0.05, 0) is 18.2 Å². The largest absolute Gasteiger partial charge is 0.497 e. The van der Waals surface area contributed by atoms with E-state index in [4.69, 9.17) is 4.74 Å². The van der Waals surface area contributed by atoms with Gasteiger partial charge in [0.2, 0.25) is 0 Å². The molecule has 0 saturated carbocycles. The summed E-state index contributed by atoms with van der Waals surface area (Å²) in [6.07, 6.45) is 3.36. The Morgan fingerprint density at radius 3 is 2.82 bits per heavy atom. The fourth-order valence-electron chi connectivity index (χ4n) is 3.95. The van der Waals surface area contributed by atoms with Crippen LogP contribution in [0.25, 0.3) is 16.2 Å². The number of carbonyl (C=O) groups excluding carboxylic acids is 1. The minimum Gasteiger partial charge on any atom is -0.497 e. The Bertz CT molecular complexity index is 1380. The van der Waals surface area contributed by atoms with Crippen LogP contribution in [-0.4, -0.2) is 58.3 Å². The lowest BCUT2D eigenvalue weighted by Crippen LogP contribution is -2.43. The van der Waals surface area contributed by atoms with Gasteiger partial charge in [0.05, 0.1) is 35.7 Å². The molecule has 1 fully saturated rings. The quantitative estimate of drug-likeness (QED) is 0.463. The van der Waals surface area contributed by atoms with Crippen molar-refractivity contribution in [1.82, 2.24) is 24.4 Å². The van der Waals surface area contributed by atoms with E-state index in [0.717, 1.165) is 37.4 Å². The second-order valence-corrected chi connectivity index (χ2v) is 8.47. The number of thiazole rings is 1. The molecule has 1 aromatic carbocycles. The van der Waals surface area contributed by atoms with E-state index in [0.29, 0.717) is 22.1 Å². The van der Waals surface area contributed by atoms with E-state index in [1.54, 1.807) is 44.1 Å². The van der Waals surface area contributed by atoms with Crippen molar-refractivity contribution in [3.05, 3.63) is 58.2 Å². The second-order valence-electron chi connectivity index (χ2n) is 7.63. The van der Waals surface area contributed by atoms with E-state index in [-0.39, 0.29) is 17.3 Å². The van der Waals surface area contributed by atoms with Crippen LogP contribution in [0, 0.1) is 0 Å². The van der Waals surface area contributed by atoms with E-state index >= 15 is 0 Å². The van der Waals surface area contributed by atoms with Crippen molar-refractivity contribution in [2.75, 3.05) is 43.5 Å². The number of hydrogen-bond acceptors (Lipinski definition) is 8.